The van der Waals surface area contributed by atoms with Gasteiger partial charge in [0.2, 0.25) is 5.91 Å². The van der Waals surface area contributed by atoms with Gasteiger partial charge in [-0.15, -0.1) is 0 Å². The van der Waals surface area contributed by atoms with E-state index in [4.69, 9.17) is 0 Å². The number of hydrogen-bond acceptors (Lipinski definition) is 2. The summed E-state index contributed by atoms with van der Waals surface area (Å²) in [6, 6.07) is 24.8. The van der Waals surface area contributed by atoms with Crippen molar-refractivity contribution in [3.8, 4) is 0 Å². The van der Waals surface area contributed by atoms with E-state index < -0.39 is 0 Å². The highest BCUT2D eigenvalue weighted by atomic mass is 16.2. The molecule has 1 amide bonds. The number of nitrogens with one attached hydrogen (secondary N) is 1. The fourth-order valence-corrected chi connectivity index (χ4v) is 3.90. The topological polar surface area (TPSA) is 32.3 Å². The zero-order valence-corrected chi connectivity index (χ0v) is 18.1. The molecule has 0 aliphatic heterocycles. The quantitative estimate of drug-likeness (QED) is 0.560. The Morgan fingerprint density at radius 3 is 2.14 bits per heavy atom. The van der Waals surface area contributed by atoms with Crippen LogP contribution in [0.3, 0.4) is 0 Å². The minimum atomic E-state index is -0.250. The van der Waals surface area contributed by atoms with Gasteiger partial charge in [-0.1, -0.05) is 86.6 Å². The van der Waals surface area contributed by atoms with Gasteiger partial charge in [-0.25, -0.2) is 0 Å². The molecule has 152 valence electrons. The molecule has 3 aromatic carbocycles. The van der Waals surface area contributed by atoms with E-state index in [0.717, 1.165) is 5.56 Å². The molecule has 0 aliphatic carbocycles. The summed E-state index contributed by atoms with van der Waals surface area (Å²) in [7, 11) is 1.90. The Hall–Kier alpha value is -2.65. The summed E-state index contributed by atoms with van der Waals surface area (Å²) >= 11 is 0. The van der Waals surface area contributed by atoms with E-state index in [1.165, 1.54) is 16.3 Å². The van der Waals surface area contributed by atoms with E-state index in [-0.39, 0.29) is 30.0 Å². The van der Waals surface area contributed by atoms with Crippen molar-refractivity contribution in [2.24, 2.45) is 5.92 Å². The average molecular weight is 389 g/mol. The maximum Gasteiger partial charge on any atom is 0.240 e. The first-order chi connectivity index (χ1) is 13.9. The van der Waals surface area contributed by atoms with E-state index in [9.17, 15) is 4.79 Å². The molecule has 3 atom stereocenters. The number of benzene rings is 3. The second-order valence-electron chi connectivity index (χ2n) is 8.21. The molecule has 0 heterocycles. The summed E-state index contributed by atoms with van der Waals surface area (Å²) in [5.74, 6) is 0.314. The summed E-state index contributed by atoms with van der Waals surface area (Å²) in [6.07, 6.45) is 0. The predicted octanol–water partition coefficient (Wildman–Crippen LogP) is 5.73. The second-order valence-corrected chi connectivity index (χ2v) is 8.21. The van der Waals surface area contributed by atoms with Gasteiger partial charge in [-0.2, -0.15) is 0 Å². The maximum atomic E-state index is 13.4. The number of carbonyl (C=O) groups excluding carboxylic acids is 1. The molecular formula is C26H32N2O. The molecule has 0 radical (unpaired) electrons. The molecule has 1 N–H and O–H groups in total. The maximum absolute atomic E-state index is 13.4. The molecule has 0 saturated heterocycles. The van der Waals surface area contributed by atoms with Gasteiger partial charge in [-0.3, -0.25) is 10.1 Å². The zero-order chi connectivity index (χ0) is 21.0. The van der Waals surface area contributed by atoms with E-state index >= 15 is 0 Å². The predicted molar refractivity (Wildman–Crippen MR) is 122 cm³/mol. The molecule has 0 fully saturated rings. The number of hydrogen-bond donors (Lipinski definition) is 1. The minimum absolute atomic E-state index is 0.0274. The summed E-state index contributed by atoms with van der Waals surface area (Å²) in [5.41, 5.74) is 2.37. The first-order valence-corrected chi connectivity index (χ1v) is 10.5. The number of rotatable bonds is 7. The third-order valence-corrected chi connectivity index (χ3v) is 5.86. The van der Waals surface area contributed by atoms with Crippen molar-refractivity contribution >= 4 is 16.7 Å². The lowest BCUT2D eigenvalue weighted by Crippen LogP contribution is -2.49. The summed E-state index contributed by atoms with van der Waals surface area (Å²) in [6.45, 7) is 8.43. The highest BCUT2D eigenvalue weighted by Crippen LogP contribution is 2.26. The Morgan fingerprint density at radius 2 is 1.45 bits per heavy atom. The zero-order valence-electron chi connectivity index (χ0n) is 18.1. The third-order valence-electron chi connectivity index (χ3n) is 5.86. The standard InChI is InChI=1S/C26H32N2O/c1-18(2)25(26(29)28(5)20(4)21-12-7-6-8-13-21)27-19(3)23-17-11-15-22-14-9-10-16-24(22)23/h6-20,25,27H,1-5H3/t19-,20-,25?/m0/s1. The van der Waals surface area contributed by atoms with Crippen molar-refractivity contribution < 1.29 is 4.79 Å². The highest BCUT2D eigenvalue weighted by Gasteiger charge is 2.29. The average Bonchev–Trinajstić information content (AvgIpc) is 2.75. The van der Waals surface area contributed by atoms with Crippen molar-refractivity contribution in [2.45, 2.75) is 45.8 Å². The number of amides is 1. The van der Waals surface area contributed by atoms with Crippen molar-refractivity contribution in [1.29, 1.82) is 0 Å². The molecule has 0 saturated carbocycles. The van der Waals surface area contributed by atoms with Gasteiger partial charge in [0, 0.05) is 13.1 Å². The van der Waals surface area contributed by atoms with Crippen LogP contribution in [0.2, 0.25) is 0 Å². The summed E-state index contributed by atoms with van der Waals surface area (Å²) in [5, 5.41) is 6.08. The SMILES string of the molecule is CC(C)C(N[C@@H](C)c1cccc2ccccc12)C(=O)N(C)[C@@H](C)c1ccccc1. The van der Waals surface area contributed by atoms with Gasteiger partial charge in [-0.05, 0) is 41.7 Å². The Bertz CT molecular complexity index is 946. The normalized spacial score (nSPS) is 14.6. The van der Waals surface area contributed by atoms with Gasteiger partial charge in [0.15, 0.2) is 0 Å². The van der Waals surface area contributed by atoms with Crippen LogP contribution in [0.1, 0.15) is 50.9 Å². The van der Waals surface area contributed by atoms with Crippen LogP contribution in [-0.2, 0) is 4.79 Å². The van der Waals surface area contributed by atoms with Crippen molar-refractivity contribution in [3.05, 3.63) is 83.9 Å². The molecule has 29 heavy (non-hydrogen) atoms. The third kappa shape index (κ3) is 4.68. The lowest BCUT2D eigenvalue weighted by Gasteiger charge is -2.33. The molecule has 3 aromatic rings. The lowest BCUT2D eigenvalue weighted by atomic mass is 9.96. The fraction of sp³-hybridized carbons (Fsp3) is 0.346. The summed E-state index contributed by atoms with van der Waals surface area (Å²) in [4.78, 5) is 15.3. The van der Waals surface area contributed by atoms with Crippen LogP contribution in [0.4, 0.5) is 0 Å². The van der Waals surface area contributed by atoms with Crippen molar-refractivity contribution in [3.63, 3.8) is 0 Å². The van der Waals surface area contributed by atoms with Crippen LogP contribution in [0, 0.1) is 5.92 Å². The van der Waals surface area contributed by atoms with E-state index in [1.54, 1.807) is 0 Å². The van der Waals surface area contributed by atoms with Gasteiger partial charge in [0.05, 0.1) is 12.1 Å². The second kappa shape index (κ2) is 9.23. The van der Waals surface area contributed by atoms with Gasteiger partial charge in [0.25, 0.3) is 0 Å². The van der Waals surface area contributed by atoms with Crippen LogP contribution in [-0.4, -0.2) is 23.9 Å². The van der Waals surface area contributed by atoms with Gasteiger partial charge < -0.3 is 4.90 Å². The van der Waals surface area contributed by atoms with Crippen LogP contribution < -0.4 is 5.32 Å². The number of fused-ring (bicyclic) bond motifs is 1. The molecule has 3 heteroatoms. The van der Waals surface area contributed by atoms with Crippen LogP contribution in [0.25, 0.3) is 10.8 Å². The monoisotopic (exact) mass is 388 g/mol. The first kappa shape index (κ1) is 21.1. The summed E-state index contributed by atoms with van der Waals surface area (Å²) < 4.78 is 0. The number of nitrogens with zero attached hydrogens (tertiary/aromatic N) is 1. The van der Waals surface area contributed by atoms with Crippen molar-refractivity contribution in [1.82, 2.24) is 10.2 Å². The van der Waals surface area contributed by atoms with E-state index in [1.807, 2.05) is 30.1 Å². The van der Waals surface area contributed by atoms with Crippen LogP contribution >= 0.6 is 0 Å². The Labute approximate surface area is 174 Å². The molecule has 0 aliphatic rings. The number of carbonyl (C=O) groups is 1. The molecule has 3 rings (SSSR count). The Morgan fingerprint density at radius 1 is 0.828 bits per heavy atom. The highest BCUT2D eigenvalue weighted by molar-refractivity contribution is 5.86. The van der Waals surface area contributed by atoms with E-state index in [0.29, 0.717) is 0 Å². The van der Waals surface area contributed by atoms with Gasteiger partial charge in [0.1, 0.15) is 0 Å². The molecule has 0 spiro atoms. The van der Waals surface area contributed by atoms with E-state index in [2.05, 4.69) is 87.6 Å². The molecule has 3 nitrogen and oxygen atoms in total. The van der Waals surface area contributed by atoms with Crippen LogP contribution in [0.5, 0.6) is 0 Å². The van der Waals surface area contributed by atoms with Crippen molar-refractivity contribution in [2.75, 3.05) is 7.05 Å². The Balaban J connectivity index is 1.81. The lowest BCUT2D eigenvalue weighted by molar-refractivity contribution is -0.135. The smallest absolute Gasteiger partial charge is 0.240 e. The number of likely N-dealkylation sites (N-methyl/N-ethyl adjacent to an activating group) is 1. The largest absolute Gasteiger partial charge is 0.338 e. The molecule has 0 aromatic heterocycles. The fourth-order valence-electron chi connectivity index (χ4n) is 3.90. The van der Waals surface area contributed by atoms with Gasteiger partial charge >= 0.3 is 0 Å². The minimum Gasteiger partial charge on any atom is -0.338 e. The van der Waals surface area contributed by atoms with Crippen LogP contribution in [0.15, 0.2) is 72.8 Å². The Kier molecular flexibility index (Phi) is 6.71. The molecule has 1 unspecified atom stereocenters. The molecule has 0 bridgehead atoms. The first-order valence-electron chi connectivity index (χ1n) is 10.5. The molecular weight excluding hydrogens is 356 g/mol.